The number of aryl methyl sites for hydroxylation is 2. The molecule has 0 saturated carbocycles. The summed E-state index contributed by atoms with van der Waals surface area (Å²) in [5.41, 5.74) is 3.90. The molecule has 0 bridgehead atoms. The van der Waals surface area contributed by atoms with Crippen molar-refractivity contribution in [1.82, 2.24) is 9.55 Å². The van der Waals surface area contributed by atoms with Crippen molar-refractivity contribution in [3.8, 4) is 11.4 Å². The van der Waals surface area contributed by atoms with Gasteiger partial charge in [-0.05, 0) is 30.7 Å². The van der Waals surface area contributed by atoms with Crippen LogP contribution in [0.25, 0.3) is 22.4 Å². The zero-order valence-electron chi connectivity index (χ0n) is 11.3. The molecule has 0 amide bonds. The van der Waals surface area contributed by atoms with Gasteiger partial charge in [0.05, 0.1) is 16.6 Å². The van der Waals surface area contributed by atoms with Gasteiger partial charge in [-0.2, -0.15) is 0 Å². The van der Waals surface area contributed by atoms with Gasteiger partial charge in [0.15, 0.2) is 0 Å². The number of rotatable bonds is 2. The minimum atomic E-state index is -0.941. The molecule has 1 heterocycles. The van der Waals surface area contributed by atoms with E-state index in [-0.39, 0.29) is 5.56 Å². The van der Waals surface area contributed by atoms with E-state index in [9.17, 15) is 9.90 Å². The van der Waals surface area contributed by atoms with Crippen LogP contribution in [0.5, 0.6) is 0 Å². The van der Waals surface area contributed by atoms with Gasteiger partial charge in [0.2, 0.25) is 0 Å². The first-order chi connectivity index (χ1) is 9.58. The SMILES string of the molecule is Cc1ccc2c(c1)nc(-c1ccccc1C(=O)O)n2C. The van der Waals surface area contributed by atoms with E-state index in [1.807, 2.05) is 42.8 Å². The van der Waals surface area contributed by atoms with E-state index in [1.165, 1.54) is 0 Å². The molecule has 0 aliphatic heterocycles. The topological polar surface area (TPSA) is 55.1 Å². The summed E-state index contributed by atoms with van der Waals surface area (Å²) < 4.78 is 1.93. The summed E-state index contributed by atoms with van der Waals surface area (Å²) in [6, 6.07) is 13.0. The number of nitrogens with zero attached hydrogens (tertiary/aromatic N) is 2. The van der Waals surface area contributed by atoms with E-state index < -0.39 is 5.97 Å². The van der Waals surface area contributed by atoms with Crippen LogP contribution in [0.1, 0.15) is 15.9 Å². The molecule has 4 heteroatoms. The van der Waals surface area contributed by atoms with Gasteiger partial charge in [-0.15, -0.1) is 0 Å². The zero-order chi connectivity index (χ0) is 14.3. The maximum atomic E-state index is 11.3. The van der Waals surface area contributed by atoms with Crippen LogP contribution in [-0.2, 0) is 7.05 Å². The monoisotopic (exact) mass is 266 g/mol. The second-order valence-corrected chi connectivity index (χ2v) is 4.84. The summed E-state index contributed by atoms with van der Waals surface area (Å²) in [5, 5.41) is 9.30. The number of imidazole rings is 1. The minimum Gasteiger partial charge on any atom is -0.478 e. The molecule has 100 valence electrons. The molecule has 3 rings (SSSR count). The molecule has 1 aromatic heterocycles. The fraction of sp³-hybridized carbons (Fsp3) is 0.125. The number of aromatic nitrogens is 2. The average Bonchev–Trinajstić information content (AvgIpc) is 2.75. The predicted molar refractivity (Wildman–Crippen MR) is 77.8 cm³/mol. The van der Waals surface area contributed by atoms with E-state index in [4.69, 9.17) is 0 Å². The zero-order valence-corrected chi connectivity index (χ0v) is 11.3. The van der Waals surface area contributed by atoms with Crippen LogP contribution in [0.15, 0.2) is 42.5 Å². The number of aromatic carboxylic acids is 1. The van der Waals surface area contributed by atoms with Crippen LogP contribution < -0.4 is 0 Å². The molecule has 3 aromatic rings. The molecule has 1 N–H and O–H groups in total. The van der Waals surface area contributed by atoms with Crippen LogP contribution in [0.2, 0.25) is 0 Å². The molecule has 0 unspecified atom stereocenters. The predicted octanol–water partition coefficient (Wildman–Crippen LogP) is 3.25. The Morgan fingerprint density at radius 2 is 1.95 bits per heavy atom. The normalized spacial score (nSPS) is 10.9. The van der Waals surface area contributed by atoms with Gasteiger partial charge in [-0.25, -0.2) is 9.78 Å². The Bertz CT molecular complexity index is 818. The maximum absolute atomic E-state index is 11.3. The average molecular weight is 266 g/mol. The Hall–Kier alpha value is -2.62. The molecule has 20 heavy (non-hydrogen) atoms. The highest BCUT2D eigenvalue weighted by molar-refractivity contribution is 5.96. The Balaban J connectivity index is 2.30. The van der Waals surface area contributed by atoms with Gasteiger partial charge in [-0.1, -0.05) is 24.3 Å². The van der Waals surface area contributed by atoms with Gasteiger partial charge in [-0.3, -0.25) is 0 Å². The molecule has 2 aromatic carbocycles. The molecule has 0 radical (unpaired) electrons. The number of fused-ring (bicyclic) bond motifs is 1. The lowest BCUT2D eigenvalue weighted by molar-refractivity contribution is 0.0697. The lowest BCUT2D eigenvalue weighted by atomic mass is 10.1. The van der Waals surface area contributed by atoms with E-state index in [0.717, 1.165) is 16.6 Å². The Labute approximate surface area is 116 Å². The molecule has 0 aliphatic rings. The highest BCUT2D eigenvalue weighted by Gasteiger charge is 2.16. The molecule has 0 saturated heterocycles. The van der Waals surface area contributed by atoms with Gasteiger partial charge in [0.25, 0.3) is 0 Å². The number of hydrogen-bond donors (Lipinski definition) is 1. The standard InChI is InChI=1S/C16H14N2O2/c1-10-7-8-14-13(9-10)17-15(18(14)2)11-5-3-4-6-12(11)16(19)20/h3-9H,1-2H3,(H,19,20). The number of carboxylic acids is 1. The number of carbonyl (C=O) groups is 1. The van der Waals surface area contributed by atoms with Crippen molar-refractivity contribution in [2.45, 2.75) is 6.92 Å². The van der Waals surface area contributed by atoms with Crippen molar-refractivity contribution in [2.24, 2.45) is 7.05 Å². The van der Waals surface area contributed by atoms with Crippen LogP contribution in [0.3, 0.4) is 0 Å². The summed E-state index contributed by atoms with van der Waals surface area (Å²) in [4.78, 5) is 15.9. The number of benzene rings is 2. The Morgan fingerprint density at radius 3 is 2.70 bits per heavy atom. The smallest absolute Gasteiger partial charge is 0.336 e. The fourth-order valence-corrected chi connectivity index (χ4v) is 2.42. The van der Waals surface area contributed by atoms with Gasteiger partial charge >= 0.3 is 5.97 Å². The molecule has 0 fully saturated rings. The van der Waals surface area contributed by atoms with Gasteiger partial charge in [0, 0.05) is 12.6 Å². The summed E-state index contributed by atoms with van der Waals surface area (Å²) in [7, 11) is 1.90. The molecular weight excluding hydrogens is 252 g/mol. The third kappa shape index (κ3) is 1.86. The van der Waals surface area contributed by atoms with E-state index in [0.29, 0.717) is 11.4 Å². The minimum absolute atomic E-state index is 0.266. The highest BCUT2D eigenvalue weighted by Crippen LogP contribution is 2.27. The Morgan fingerprint density at radius 1 is 1.20 bits per heavy atom. The summed E-state index contributed by atoms with van der Waals surface area (Å²) in [5.74, 6) is -0.271. The molecular formula is C16H14N2O2. The molecule has 4 nitrogen and oxygen atoms in total. The van der Waals surface area contributed by atoms with Crippen molar-refractivity contribution < 1.29 is 9.90 Å². The van der Waals surface area contributed by atoms with E-state index in [1.54, 1.807) is 18.2 Å². The first-order valence-corrected chi connectivity index (χ1v) is 6.33. The summed E-state index contributed by atoms with van der Waals surface area (Å²) in [6.07, 6.45) is 0. The fourth-order valence-electron chi connectivity index (χ4n) is 2.42. The maximum Gasteiger partial charge on any atom is 0.336 e. The van der Waals surface area contributed by atoms with Crippen molar-refractivity contribution >= 4 is 17.0 Å². The first kappa shape index (κ1) is 12.4. The van der Waals surface area contributed by atoms with Crippen molar-refractivity contribution in [3.63, 3.8) is 0 Å². The van der Waals surface area contributed by atoms with E-state index >= 15 is 0 Å². The van der Waals surface area contributed by atoms with Crippen LogP contribution in [-0.4, -0.2) is 20.6 Å². The largest absolute Gasteiger partial charge is 0.478 e. The van der Waals surface area contributed by atoms with Crippen LogP contribution in [0.4, 0.5) is 0 Å². The molecule has 0 spiro atoms. The number of hydrogen-bond acceptors (Lipinski definition) is 2. The second kappa shape index (κ2) is 4.49. The van der Waals surface area contributed by atoms with Crippen molar-refractivity contribution in [3.05, 3.63) is 53.6 Å². The van der Waals surface area contributed by atoms with Crippen molar-refractivity contribution in [2.75, 3.05) is 0 Å². The lowest BCUT2D eigenvalue weighted by Crippen LogP contribution is -2.02. The van der Waals surface area contributed by atoms with E-state index in [2.05, 4.69) is 4.98 Å². The quantitative estimate of drug-likeness (QED) is 0.774. The third-order valence-electron chi connectivity index (χ3n) is 3.43. The molecule has 0 atom stereocenters. The highest BCUT2D eigenvalue weighted by atomic mass is 16.4. The first-order valence-electron chi connectivity index (χ1n) is 6.33. The Kier molecular flexibility index (Phi) is 2.79. The second-order valence-electron chi connectivity index (χ2n) is 4.84. The number of carboxylic acid groups (broad SMARTS) is 1. The third-order valence-corrected chi connectivity index (χ3v) is 3.43. The van der Waals surface area contributed by atoms with Crippen molar-refractivity contribution in [1.29, 1.82) is 0 Å². The summed E-state index contributed by atoms with van der Waals surface area (Å²) >= 11 is 0. The molecule has 0 aliphatic carbocycles. The van der Waals surface area contributed by atoms with Crippen LogP contribution >= 0.6 is 0 Å². The summed E-state index contributed by atoms with van der Waals surface area (Å²) in [6.45, 7) is 2.01. The van der Waals surface area contributed by atoms with Crippen LogP contribution in [0, 0.1) is 6.92 Å². The van der Waals surface area contributed by atoms with Gasteiger partial charge < -0.3 is 9.67 Å². The van der Waals surface area contributed by atoms with Gasteiger partial charge in [0.1, 0.15) is 5.82 Å². The lowest BCUT2D eigenvalue weighted by Gasteiger charge is -2.06.